The van der Waals surface area contributed by atoms with Gasteiger partial charge in [-0.1, -0.05) is 28.1 Å². The van der Waals surface area contributed by atoms with E-state index in [0.29, 0.717) is 0 Å². The molecule has 0 fully saturated rings. The standard InChI is InChI=1S/C13H9BrF6N2/c1-22-6-10(13(18,19)20)21-11(22)7-2-3-8(5-14)9(4-7)12(15,16)17/h2-4,6H,5H2,1H3. The van der Waals surface area contributed by atoms with Gasteiger partial charge in [-0.3, -0.25) is 0 Å². The molecule has 2 nitrogen and oxygen atoms in total. The summed E-state index contributed by atoms with van der Waals surface area (Å²) in [6, 6.07) is 3.34. The summed E-state index contributed by atoms with van der Waals surface area (Å²) in [6.45, 7) is 0. The Hall–Kier alpha value is -1.51. The molecule has 0 aliphatic carbocycles. The number of rotatable bonds is 2. The van der Waals surface area contributed by atoms with Crippen LogP contribution in [0.2, 0.25) is 0 Å². The van der Waals surface area contributed by atoms with E-state index >= 15 is 0 Å². The Morgan fingerprint density at radius 2 is 1.73 bits per heavy atom. The number of aromatic nitrogens is 2. The highest BCUT2D eigenvalue weighted by molar-refractivity contribution is 9.08. The largest absolute Gasteiger partial charge is 0.434 e. The van der Waals surface area contributed by atoms with Gasteiger partial charge >= 0.3 is 12.4 Å². The van der Waals surface area contributed by atoms with Gasteiger partial charge < -0.3 is 4.57 Å². The minimum absolute atomic E-state index is 0.00139. The lowest BCUT2D eigenvalue weighted by molar-refractivity contribution is -0.141. The quantitative estimate of drug-likeness (QED) is 0.523. The molecule has 1 heterocycles. The Balaban J connectivity index is 2.57. The van der Waals surface area contributed by atoms with Gasteiger partial charge in [0.1, 0.15) is 5.82 Å². The average molecular weight is 387 g/mol. The lowest BCUT2D eigenvalue weighted by Crippen LogP contribution is -2.09. The van der Waals surface area contributed by atoms with E-state index < -0.39 is 23.6 Å². The van der Waals surface area contributed by atoms with Gasteiger partial charge in [-0.2, -0.15) is 26.3 Å². The number of benzene rings is 1. The molecular weight excluding hydrogens is 378 g/mol. The molecule has 9 heteroatoms. The van der Waals surface area contributed by atoms with Gasteiger partial charge in [-0.25, -0.2) is 4.98 Å². The number of nitrogens with zero attached hydrogens (tertiary/aromatic N) is 2. The molecular formula is C13H9BrF6N2. The first-order chi connectivity index (χ1) is 10.0. The molecule has 0 saturated heterocycles. The molecule has 0 atom stereocenters. The molecule has 0 N–H and O–H groups in total. The molecule has 1 aromatic heterocycles. The zero-order valence-electron chi connectivity index (χ0n) is 11.1. The first-order valence-electron chi connectivity index (χ1n) is 5.91. The molecule has 2 aromatic rings. The van der Waals surface area contributed by atoms with Crippen molar-refractivity contribution in [3.05, 3.63) is 41.2 Å². The van der Waals surface area contributed by atoms with Crippen LogP contribution in [0.5, 0.6) is 0 Å². The minimum Gasteiger partial charge on any atom is -0.333 e. The second-order valence-electron chi connectivity index (χ2n) is 4.56. The van der Waals surface area contributed by atoms with Crippen molar-refractivity contribution in [2.45, 2.75) is 17.7 Å². The Morgan fingerprint density at radius 3 is 2.18 bits per heavy atom. The van der Waals surface area contributed by atoms with E-state index in [9.17, 15) is 26.3 Å². The lowest BCUT2D eigenvalue weighted by atomic mass is 10.0. The fourth-order valence-corrected chi connectivity index (χ4v) is 2.46. The summed E-state index contributed by atoms with van der Waals surface area (Å²) in [5, 5.41) is -0.0174. The topological polar surface area (TPSA) is 17.8 Å². The van der Waals surface area contributed by atoms with Gasteiger partial charge in [0, 0.05) is 24.1 Å². The smallest absolute Gasteiger partial charge is 0.333 e. The van der Waals surface area contributed by atoms with Crippen LogP contribution in [0.25, 0.3) is 11.4 Å². The van der Waals surface area contributed by atoms with E-state index in [2.05, 4.69) is 20.9 Å². The van der Waals surface area contributed by atoms with Crippen molar-refractivity contribution in [1.29, 1.82) is 0 Å². The van der Waals surface area contributed by atoms with Crippen molar-refractivity contribution in [3.63, 3.8) is 0 Å². The summed E-state index contributed by atoms with van der Waals surface area (Å²) >= 11 is 2.96. The zero-order chi connectivity index (χ0) is 16.7. The molecule has 22 heavy (non-hydrogen) atoms. The SMILES string of the molecule is Cn1cc(C(F)(F)F)nc1-c1ccc(CBr)c(C(F)(F)F)c1. The third kappa shape index (κ3) is 3.29. The van der Waals surface area contributed by atoms with Gasteiger partial charge in [-0.15, -0.1) is 0 Å². The molecule has 120 valence electrons. The van der Waals surface area contributed by atoms with Crippen LogP contribution in [0.4, 0.5) is 26.3 Å². The van der Waals surface area contributed by atoms with Crippen molar-refractivity contribution in [2.75, 3.05) is 0 Å². The van der Waals surface area contributed by atoms with E-state index in [4.69, 9.17) is 0 Å². The van der Waals surface area contributed by atoms with Crippen LogP contribution in [0.15, 0.2) is 24.4 Å². The van der Waals surface area contributed by atoms with Gasteiger partial charge in [0.25, 0.3) is 0 Å². The molecule has 2 rings (SSSR count). The van der Waals surface area contributed by atoms with Gasteiger partial charge in [0.2, 0.25) is 0 Å². The summed E-state index contributed by atoms with van der Waals surface area (Å²) in [6.07, 6.45) is -8.52. The van der Waals surface area contributed by atoms with E-state index in [0.717, 1.165) is 16.8 Å². The summed E-state index contributed by atoms with van der Waals surface area (Å²) in [4.78, 5) is 3.39. The van der Waals surface area contributed by atoms with E-state index in [-0.39, 0.29) is 22.3 Å². The molecule has 0 bridgehead atoms. The first kappa shape index (κ1) is 16.9. The maximum atomic E-state index is 13.0. The Morgan fingerprint density at radius 1 is 1.09 bits per heavy atom. The average Bonchev–Trinajstić information content (AvgIpc) is 2.79. The number of halogens is 7. The van der Waals surface area contributed by atoms with Crippen LogP contribution in [-0.2, 0) is 24.7 Å². The molecule has 0 aliphatic rings. The molecule has 0 amide bonds. The van der Waals surface area contributed by atoms with Crippen LogP contribution >= 0.6 is 15.9 Å². The van der Waals surface area contributed by atoms with Crippen molar-refractivity contribution in [2.24, 2.45) is 7.05 Å². The highest BCUT2D eigenvalue weighted by Crippen LogP contribution is 2.36. The number of hydrogen-bond acceptors (Lipinski definition) is 1. The van der Waals surface area contributed by atoms with Crippen LogP contribution in [0, 0.1) is 0 Å². The van der Waals surface area contributed by atoms with Crippen LogP contribution in [0.1, 0.15) is 16.8 Å². The monoisotopic (exact) mass is 386 g/mol. The second kappa shape index (κ2) is 5.60. The summed E-state index contributed by atoms with van der Waals surface area (Å²) < 4.78 is 77.9. The first-order valence-corrected chi connectivity index (χ1v) is 7.03. The maximum absolute atomic E-state index is 13.0. The normalized spacial score (nSPS) is 12.7. The fourth-order valence-electron chi connectivity index (χ4n) is 1.97. The van der Waals surface area contributed by atoms with Crippen molar-refractivity contribution < 1.29 is 26.3 Å². The van der Waals surface area contributed by atoms with Crippen LogP contribution in [-0.4, -0.2) is 9.55 Å². The Labute approximate surface area is 129 Å². The number of imidazole rings is 1. The maximum Gasteiger partial charge on any atom is 0.434 e. The van der Waals surface area contributed by atoms with Crippen molar-refractivity contribution >= 4 is 15.9 Å². The molecule has 1 aromatic carbocycles. The number of alkyl halides is 7. The van der Waals surface area contributed by atoms with Crippen molar-refractivity contribution in [3.8, 4) is 11.4 Å². The van der Waals surface area contributed by atoms with Gasteiger partial charge in [0.15, 0.2) is 5.69 Å². The van der Waals surface area contributed by atoms with Crippen LogP contribution in [0.3, 0.4) is 0 Å². The van der Waals surface area contributed by atoms with Gasteiger partial charge in [-0.05, 0) is 11.6 Å². The highest BCUT2D eigenvalue weighted by atomic mass is 79.9. The van der Waals surface area contributed by atoms with Gasteiger partial charge in [0.05, 0.1) is 5.56 Å². The number of hydrogen-bond donors (Lipinski definition) is 0. The van der Waals surface area contributed by atoms with E-state index in [1.54, 1.807) is 0 Å². The second-order valence-corrected chi connectivity index (χ2v) is 5.12. The molecule has 0 spiro atoms. The third-order valence-corrected chi connectivity index (χ3v) is 3.59. The molecule has 0 saturated carbocycles. The minimum atomic E-state index is -4.65. The fraction of sp³-hybridized carbons (Fsp3) is 0.308. The lowest BCUT2D eigenvalue weighted by Gasteiger charge is -2.13. The molecule has 0 unspecified atom stereocenters. The summed E-state index contributed by atoms with van der Waals surface area (Å²) in [5.41, 5.74) is -2.09. The predicted molar refractivity (Wildman–Crippen MR) is 71.3 cm³/mol. The summed E-state index contributed by atoms with van der Waals surface area (Å²) in [5.74, 6) is -0.182. The zero-order valence-corrected chi connectivity index (χ0v) is 12.6. The van der Waals surface area contributed by atoms with E-state index in [1.807, 2.05) is 0 Å². The van der Waals surface area contributed by atoms with Crippen molar-refractivity contribution in [1.82, 2.24) is 9.55 Å². The molecule has 0 radical (unpaired) electrons. The Kier molecular flexibility index (Phi) is 4.29. The number of aryl methyl sites for hydroxylation is 1. The summed E-state index contributed by atoms with van der Waals surface area (Å²) in [7, 11) is 1.29. The Bertz CT molecular complexity index is 687. The predicted octanol–water partition coefficient (Wildman–Crippen LogP) is 5.02. The molecule has 0 aliphatic heterocycles. The highest BCUT2D eigenvalue weighted by Gasteiger charge is 2.36. The third-order valence-electron chi connectivity index (χ3n) is 2.98. The van der Waals surface area contributed by atoms with E-state index in [1.165, 1.54) is 19.2 Å². The van der Waals surface area contributed by atoms with Crippen LogP contribution < -0.4 is 0 Å².